The van der Waals surface area contributed by atoms with Crippen LogP contribution in [-0.4, -0.2) is 35.3 Å². The predicted molar refractivity (Wildman–Crippen MR) is 98.0 cm³/mol. The van der Waals surface area contributed by atoms with Gasteiger partial charge in [0.05, 0.1) is 35.0 Å². The zero-order chi connectivity index (χ0) is 17.9. The lowest BCUT2D eigenvalue weighted by atomic mass is 9.82. The Balaban J connectivity index is 2.33. The van der Waals surface area contributed by atoms with E-state index >= 15 is 0 Å². The second-order valence-electron chi connectivity index (χ2n) is 7.40. The molecule has 2 heterocycles. The van der Waals surface area contributed by atoms with Crippen LogP contribution in [0, 0.1) is 5.41 Å². The zero-order valence-corrected chi connectivity index (χ0v) is 16.5. The van der Waals surface area contributed by atoms with Crippen molar-refractivity contribution in [1.82, 2.24) is 4.98 Å². The quantitative estimate of drug-likeness (QED) is 0.769. The molecule has 1 saturated heterocycles. The predicted octanol–water partition coefficient (Wildman–Crippen LogP) is 3.46. The average Bonchev–Trinajstić information content (AvgIpc) is 2.48. The minimum Gasteiger partial charge on any atom is -0.463 e. The van der Waals surface area contributed by atoms with Crippen molar-refractivity contribution in [1.29, 1.82) is 0 Å². The molecule has 1 fully saturated rings. The molecule has 0 spiro atoms. The van der Waals surface area contributed by atoms with Gasteiger partial charge in [-0.2, -0.15) is 0 Å². The Morgan fingerprint density at radius 3 is 2.58 bits per heavy atom. The fraction of sp³-hybridized carbons (Fsp3) is 0.667. The SMILES string of the molecule is CC(C)OC(=O)Cc1c(CO)ncc(Br)c1N1CCC(C)(C)CC1. The molecule has 134 valence electrons. The molecule has 2 rings (SSSR count). The number of hydrogen-bond donors (Lipinski definition) is 1. The normalized spacial score (nSPS) is 17.2. The summed E-state index contributed by atoms with van der Waals surface area (Å²) in [5, 5.41) is 9.66. The van der Waals surface area contributed by atoms with Crippen LogP contribution in [0.2, 0.25) is 0 Å². The monoisotopic (exact) mass is 398 g/mol. The molecule has 1 N–H and O–H groups in total. The number of rotatable bonds is 5. The number of esters is 1. The average molecular weight is 399 g/mol. The number of aliphatic hydroxyl groups excluding tert-OH is 1. The molecule has 1 aromatic rings. The summed E-state index contributed by atoms with van der Waals surface area (Å²) in [5.74, 6) is -0.293. The smallest absolute Gasteiger partial charge is 0.310 e. The van der Waals surface area contributed by atoms with Gasteiger partial charge in [-0.05, 0) is 48.0 Å². The Morgan fingerprint density at radius 2 is 2.04 bits per heavy atom. The van der Waals surface area contributed by atoms with E-state index < -0.39 is 0 Å². The Bertz CT molecular complexity index is 592. The van der Waals surface area contributed by atoms with Crippen LogP contribution >= 0.6 is 15.9 Å². The molecule has 6 heteroatoms. The lowest BCUT2D eigenvalue weighted by Crippen LogP contribution is -2.38. The number of aliphatic hydroxyl groups is 1. The number of ether oxygens (including phenoxy) is 1. The van der Waals surface area contributed by atoms with Gasteiger partial charge >= 0.3 is 5.97 Å². The first-order valence-corrected chi connectivity index (χ1v) is 9.24. The maximum Gasteiger partial charge on any atom is 0.310 e. The van der Waals surface area contributed by atoms with Gasteiger partial charge in [-0.25, -0.2) is 0 Å². The molecular weight excluding hydrogens is 372 g/mol. The van der Waals surface area contributed by atoms with Gasteiger partial charge in [0, 0.05) is 24.8 Å². The summed E-state index contributed by atoms with van der Waals surface area (Å²) in [6.07, 6.45) is 3.85. The van der Waals surface area contributed by atoms with E-state index in [2.05, 4.69) is 39.7 Å². The molecule has 0 bridgehead atoms. The van der Waals surface area contributed by atoms with Gasteiger partial charge in [0.15, 0.2) is 0 Å². The fourth-order valence-corrected chi connectivity index (χ4v) is 3.60. The van der Waals surface area contributed by atoms with Crippen LogP contribution in [0.1, 0.15) is 51.8 Å². The molecule has 0 aliphatic carbocycles. The van der Waals surface area contributed by atoms with E-state index in [0.29, 0.717) is 11.1 Å². The molecule has 1 aliphatic heterocycles. The Kier molecular flexibility index (Phi) is 6.26. The highest BCUT2D eigenvalue weighted by Gasteiger charge is 2.29. The maximum absolute atomic E-state index is 12.2. The summed E-state index contributed by atoms with van der Waals surface area (Å²) in [6, 6.07) is 0. The van der Waals surface area contributed by atoms with E-state index in [4.69, 9.17) is 4.74 Å². The lowest BCUT2D eigenvalue weighted by Gasteiger charge is -2.39. The van der Waals surface area contributed by atoms with E-state index in [1.54, 1.807) is 6.20 Å². The third-order valence-corrected chi connectivity index (χ3v) is 5.05. The molecule has 0 amide bonds. The number of pyridine rings is 1. The van der Waals surface area contributed by atoms with Crippen molar-refractivity contribution >= 4 is 27.6 Å². The van der Waals surface area contributed by atoms with Gasteiger partial charge in [0.1, 0.15) is 0 Å². The third-order valence-electron chi connectivity index (χ3n) is 4.47. The molecule has 0 atom stereocenters. The van der Waals surface area contributed by atoms with Crippen LogP contribution < -0.4 is 4.90 Å². The standard InChI is InChI=1S/C18H27BrN2O3/c1-12(2)24-16(23)9-13-15(11-22)20-10-14(19)17(13)21-7-5-18(3,4)6-8-21/h10,12,22H,5-9,11H2,1-4H3. The summed E-state index contributed by atoms with van der Waals surface area (Å²) in [7, 11) is 0. The largest absolute Gasteiger partial charge is 0.463 e. The first-order valence-electron chi connectivity index (χ1n) is 8.45. The first-order chi connectivity index (χ1) is 11.2. The fourth-order valence-electron chi connectivity index (χ4n) is 3.00. The molecule has 24 heavy (non-hydrogen) atoms. The molecular formula is C18H27BrN2O3. The molecule has 0 radical (unpaired) electrons. The van der Waals surface area contributed by atoms with Crippen LogP contribution in [-0.2, 0) is 22.6 Å². The number of anilines is 1. The van der Waals surface area contributed by atoms with E-state index in [9.17, 15) is 9.90 Å². The van der Waals surface area contributed by atoms with Crippen LogP contribution in [0.5, 0.6) is 0 Å². The number of carbonyl (C=O) groups excluding carboxylic acids is 1. The molecule has 0 aromatic carbocycles. The topological polar surface area (TPSA) is 62.7 Å². The molecule has 0 unspecified atom stereocenters. The second-order valence-corrected chi connectivity index (χ2v) is 8.26. The van der Waals surface area contributed by atoms with Crippen molar-refractivity contribution in [3.8, 4) is 0 Å². The minimum absolute atomic E-state index is 0.121. The van der Waals surface area contributed by atoms with Crippen molar-refractivity contribution in [2.75, 3.05) is 18.0 Å². The van der Waals surface area contributed by atoms with Crippen molar-refractivity contribution < 1.29 is 14.6 Å². The minimum atomic E-state index is -0.293. The van der Waals surface area contributed by atoms with Crippen molar-refractivity contribution in [3.05, 3.63) is 21.9 Å². The number of aromatic nitrogens is 1. The van der Waals surface area contributed by atoms with Gasteiger partial charge in [-0.3, -0.25) is 9.78 Å². The van der Waals surface area contributed by atoms with Gasteiger partial charge < -0.3 is 14.7 Å². The summed E-state index contributed by atoms with van der Waals surface area (Å²) in [4.78, 5) is 18.7. The van der Waals surface area contributed by atoms with Crippen molar-refractivity contribution in [2.45, 2.75) is 59.7 Å². The van der Waals surface area contributed by atoms with Gasteiger partial charge in [0.2, 0.25) is 0 Å². The van der Waals surface area contributed by atoms with Gasteiger partial charge in [-0.1, -0.05) is 13.8 Å². The van der Waals surface area contributed by atoms with E-state index in [1.165, 1.54) is 0 Å². The van der Waals surface area contributed by atoms with E-state index in [1.807, 2.05) is 13.8 Å². The number of carbonyl (C=O) groups is 1. The Morgan fingerprint density at radius 1 is 1.42 bits per heavy atom. The zero-order valence-electron chi connectivity index (χ0n) is 14.9. The molecule has 5 nitrogen and oxygen atoms in total. The van der Waals surface area contributed by atoms with E-state index in [-0.39, 0.29) is 25.1 Å². The van der Waals surface area contributed by atoms with Gasteiger partial charge in [0.25, 0.3) is 0 Å². The summed E-state index contributed by atoms with van der Waals surface area (Å²) in [6.45, 7) is 9.89. The van der Waals surface area contributed by atoms with Crippen molar-refractivity contribution in [2.24, 2.45) is 5.41 Å². The summed E-state index contributed by atoms with van der Waals surface area (Å²) < 4.78 is 6.14. The van der Waals surface area contributed by atoms with Crippen molar-refractivity contribution in [3.63, 3.8) is 0 Å². The molecule has 1 aromatic heterocycles. The number of hydrogen-bond acceptors (Lipinski definition) is 5. The lowest BCUT2D eigenvalue weighted by molar-refractivity contribution is -0.146. The van der Waals surface area contributed by atoms with Crippen LogP contribution in [0.25, 0.3) is 0 Å². The third kappa shape index (κ3) is 4.70. The highest BCUT2D eigenvalue weighted by Crippen LogP contribution is 2.38. The van der Waals surface area contributed by atoms with Crippen LogP contribution in [0.15, 0.2) is 10.7 Å². The summed E-state index contributed by atoms with van der Waals surface area (Å²) >= 11 is 3.58. The second kappa shape index (κ2) is 7.83. The maximum atomic E-state index is 12.2. The number of nitrogens with zero attached hydrogens (tertiary/aromatic N) is 2. The Hall–Kier alpha value is -1.14. The molecule has 1 aliphatic rings. The summed E-state index contributed by atoms with van der Waals surface area (Å²) in [5.41, 5.74) is 2.60. The Labute approximate surface area is 152 Å². The van der Waals surface area contributed by atoms with Crippen LogP contribution in [0.4, 0.5) is 5.69 Å². The van der Waals surface area contributed by atoms with Gasteiger partial charge in [-0.15, -0.1) is 0 Å². The first kappa shape index (κ1) is 19.2. The number of piperidine rings is 1. The highest BCUT2D eigenvalue weighted by atomic mass is 79.9. The van der Waals surface area contributed by atoms with Crippen LogP contribution in [0.3, 0.4) is 0 Å². The highest BCUT2D eigenvalue weighted by molar-refractivity contribution is 9.10. The molecule has 0 saturated carbocycles. The van der Waals surface area contributed by atoms with E-state index in [0.717, 1.165) is 41.7 Å². The number of halogens is 1.